The fraction of sp³-hybridized carbons (Fsp3) is 0.176. The molecule has 0 aliphatic rings. The van der Waals surface area contributed by atoms with E-state index in [1.54, 1.807) is 0 Å². The zero-order valence-electron chi connectivity index (χ0n) is 14.0. The number of nitro benzene ring substituents is 1. The first-order valence-electron chi connectivity index (χ1n) is 7.55. The Balaban J connectivity index is 2.07. The molecule has 9 heteroatoms. The molecule has 8 nitrogen and oxygen atoms in total. The van der Waals surface area contributed by atoms with Gasteiger partial charge in [-0.15, -0.1) is 0 Å². The van der Waals surface area contributed by atoms with E-state index in [0.29, 0.717) is 0 Å². The largest absolute Gasteiger partial charge is 0.449 e. The molecule has 0 heterocycles. The van der Waals surface area contributed by atoms with Gasteiger partial charge in [0, 0.05) is 18.8 Å². The average Bonchev–Trinajstić information content (AvgIpc) is 2.60. The summed E-state index contributed by atoms with van der Waals surface area (Å²) < 4.78 is 18.1. The van der Waals surface area contributed by atoms with Gasteiger partial charge in [-0.3, -0.25) is 14.9 Å². The van der Waals surface area contributed by atoms with E-state index in [2.05, 4.69) is 10.6 Å². The quantitative estimate of drug-likeness (QED) is 0.465. The molecule has 0 aliphatic carbocycles. The van der Waals surface area contributed by atoms with Crippen molar-refractivity contribution < 1.29 is 23.6 Å². The summed E-state index contributed by atoms with van der Waals surface area (Å²) in [5, 5.41) is 16.1. The molecule has 2 N–H and O–H groups in total. The summed E-state index contributed by atoms with van der Waals surface area (Å²) in [7, 11) is 1.51. The van der Waals surface area contributed by atoms with E-state index < -0.39 is 28.7 Å². The Hall–Kier alpha value is -3.49. The molecule has 2 rings (SSSR count). The number of benzene rings is 2. The molecule has 0 bridgehead atoms. The van der Waals surface area contributed by atoms with Crippen molar-refractivity contribution in [3.63, 3.8) is 0 Å². The Morgan fingerprint density at radius 2 is 1.96 bits per heavy atom. The van der Waals surface area contributed by atoms with Crippen LogP contribution in [0.25, 0.3) is 0 Å². The minimum atomic E-state index is -1.19. The second-order valence-corrected chi connectivity index (χ2v) is 5.29. The third-order valence-corrected chi connectivity index (χ3v) is 3.44. The number of carbonyl (C=O) groups excluding carboxylic acids is 2. The number of hydrogen-bond donors (Lipinski definition) is 2. The molecule has 0 radical (unpaired) electrons. The number of nitro groups is 1. The molecule has 0 saturated heterocycles. The summed E-state index contributed by atoms with van der Waals surface area (Å²) in [6, 6.07) is 9.02. The molecule has 1 amide bonds. The minimum absolute atomic E-state index is 0.0684. The number of nitrogens with one attached hydrogen (secondary N) is 2. The standard InChI is InChI=1S/C17H16FN3O5/c1-10(16(22)20-13-5-3-4-12(18)9-13)26-17(23)11-6-7-14(19-2)15(8-11)21(24)25/h3-10,19H,1-2H3,(H,20,22)/t10-/m1/s1. The molecule has 0 fully saturated rings. The van der Waals surface area contributed by atoms with Gasteiger partial charge in [0.2, 0.25) is 0 Å². The van der Waals surface area contributed by atoms with Crippen LogP contribution in [-0.2, 0) is 9.53 Å². The van der Waals surface area contributed by atoms with E-state index in [4.69, 9.17) is 4.74 Å². The monoisotopic (exact) mass is 361 g/mol. The number of rotatable bonds is 6. The number of ether oxygens (including phenoxy) is 1. The van der Waals surface area contributed by atoms with Crippen molar-refractivity contribution in [3.8, 4) is 0 Å². The van der Waals surface area contributed by atoms with Crippen LogP contribution in [0.3, 0.4) is 0 Å². The fourth-order valence-electron chi connectivity index (χ4n) is 2.11. The van der Waals surface area contributed by atoms with E-state index in [0.717, 1.165) is 12.1 Å². The van der Waals surface area contributed by atoms with Gasteiger partial charge in [0.25, 0.3) is 11.6 Å². The lowest BCUT2D eigenvalue weighted by Crippen LogP contribution is -2.30. The molecule has 0 unspecified atom stereocenters. The Morgan fingerprint density at radius 1 is 1.23 bits per heavy atom. The molecular weight excluding hydrogens is 345 g/mol. The average molecular weight is 361 g/mol. The predicted octanol–water partition coefficient (Wildman–Crippen LogP) is 2.96. The first kappa shape index (κ1) is 18.8. The van der Waals surface area contributed by atoms with E-state index >= 15 is 0 Å². The van der Waals surface area contributed by atoms with Crippen LogP contribution in [0.2, 0.25) is 0 Å². The van der Waals surface area contributed by atoms with Crippen LogP contribution in [0.1, 0.15) is 17.3 Å². The number of halogens is 1. The molecule has 26 heavy (non-hydrogen) atoms. The highest BCUT2D eigenvalue weighted by molar-refractivity contribution is 5.97. The van der Waals surface area contributed by atoms with E-state index in [9.17, 15) is 24.1 Å². The van der Waals surface area contributed by atoms with Gasteiger partial charge in [-0.25, -0.2) is 9.18 Å². The van der Waals surface area contributed by atoms with E-state index in [1.807, 2.05) is 0 Å². The summed E-state index contributed by atoms with van der Waals surface area (Å²) in [6.07, 6.45) is -1.19. The highest BCUT2D eigenvalue weighted by atomic mass is 19.1. The first-order valence-corrected chi connectivity index (χ1v) is 7.55. The Morgan fingerprint density at radius 3 is 2.58 bits per heavy atom. The molecule has 0 aliphatic heterocycles. The number of nitrogens with zero attached hydrogens (tertiary/aromatic N) is 1. The Kier molecular flexibility index (Phi) is 5.84. The summed E-state index contributed by atoms with van der Waals surface area (Å²) in [5.74, 6) is -2.08. The minimum Gasteiger partial charge on any atom is -0.449 e. The van der Waals surface area contributed by atoms with Crippen molar-refractivity contribution in [3.05, 3.63) is 64.0 Å². The van der Waals surface area contributed by atoms with Crippen molar-refractivity contribution in [2.45, 2.75) is 13.0 Å². The van der Waals surface area contributed by atoms with Crippen LogP contribution < -0.4 is 10.6 Å². The number of hydrogen-bond acceptors (Lipinski definition) is 6. The molecule has 0 spiro atoms. The van der Waals surface area contributed by atoms with Crippen molar-refractivity contribution in [1.29, 1.82) is 0 Å². The van der Waals surface area contributed by atoms with Gasteiger partial charge in [0.15, 0.2) is 6.10 Å². The molecule has 1 atom stereocenters. The van der Waals surface area contributed by atoms with Crippen molar-refractivity contribution in [1.82, 2.24) is 0 Å². The molecular formula is C17H16FN3O5. The van der Waals surface area contributed by atoms with Gasteiger partial charge in [-0.05, 0) is 37.3 Å². The lowest BCUT2D eigenvalue weighted by Gasteiger charge is -2.14. The van der Waals surface area contributed by atoms with Gasteiger partial charge in [-0.2, -0.15) is 0 Å². The molecule has 0 saturated carbocycles. The number of amides is 1. The normalized spacial score (nSPS) is 11.3. The van der Waals surface area contributed by atoms with Gasteiger partial charge >= 0.3 is 5.97 Å². The van der Waals surface area contributed by atoms with Gasteiger partial charge in [0.05, 0.1) is 10.5 Å². The lowest BCUT2D eigenvalue weighted by molar-refractivity contribution is -0.384. The Bertz CT molecular complexity index is 856. The summed E-state index contributed by atoms with van der Waals surface area (Å²) in [6.45, 7) is 1.34. The second-order valence-electron chi connectivity index (χ2n) is 5.29. The zero-order chi connectivity index (χ0) is 19.3. The highest BCUT2D eigenvalue weighted by Gasteiger charge is 2.22. The second kappa shape index (κ2) is 8.06. The SMILES string of the molecule is CNc1ccc(C(=O)O[C@H](C)C(=O)Nc2cccc(F)c2)cc1[N+](=O)[O-]. The third kappa shape index (κ3) is 4.53. The lowest BCUT2D eigenvalue weighted by atomic mass is 10.1. The molecule has 136 valence electrons. The maximum absolute atomic E-state index is 13.1. The van der Waals surface area contributed by atoms with Crippen molar-refractivity contribution in [2.75, 3.05) is 17.7 Å². The summed E-state index contributed by atoms with van der Waals surface area (Å²) >= 11 is 0. The van der Waals surface area contributed by atoms with Crippen LogP contribution in [0, 0.1) is 15.9 Å². The molecule has 2 aromatic carbocycles. The van der Waals surface area contributed by atoms with Crippen LogP contribution in [0.4, 0.5) is 21.5 Å². The van der Waals surface area contributed by atoms with Crippen molar-refractivity contribution in [2.24, 2.45) is 0 Å². The number of anilines is 2. The van der Waals surface area contributed by atoms with Crippen molar-refractivity contribution >= 4 is 28.9 Å². The van der Waals surface area contributed by atoms with Crippen LogP contribution >= 0.6 is 0 Å². The summed E-state index contributed by atoms with van der Waals surface area (Å²) in [5.41, 5.74) is 0.0928. The zero-order valence-corrected chi connectivity index (χ0v) is 14.0. The van der Waals surface area contributed by atoms with E-state index in [1.165, 1.54) is 44.3 Å². The first-order chi connectivity index (χ1) is 12.3. The van der Waals surface area contributed by atoms with Crippen LogP contribution in [0.15, 0.2) is 42.5 Å². The maximum atomic E-state index is 13.1. The topological polar surface area (TPSA) is 111 Å². The molecule has 0 aromatic heterocycles. The highest BCUT2D eigenvalue weighted by Crippen LogP contribution is 2.25. The number of esters is 1. The summed E-state index contributed by atoms with van der Waals surface area (Å²) in [4.78, 5) is 34.6. The van der Waals surface area contributed by atoms with Crippen LogP contribution in [0.5, 0.6) is 0 Å². The fourth-order valence-corrected chi connectivity index (χ4v) is 2.11. The predicted molar refractivity (Wildman–Crippen MR) is 92.6 cm³/mol. The van der Waals surface area contributed by atoms with Gasteiger partial charge < -0.3 is 15.4 Å². The maximum Gasteiger partial charge on any atom is 0.339 e. The third-order valence-electron chi connectivity index (χ3n) is 3.44. The van der Waals surface area contributed by atoms with E-state index in [-0.39, 0.29) is 22.6 Å². The van der Waals surface area contributed by atoms with Gasteiger partial charge in [-0.1, -0.05) is 6.07 Å². The van der Waals surface area contributed by atoms with Gasteiger partial charge in [0.1, 0.15) is 11.5 Å². The molecule has 2 aromatic rings. The Labute approximate surface area is 148 Å². The number of carbonyl (C=O) groups is 2. The van der Waals surface area contributed by atoms with Crippen LogP contribution in [-0.4, -0.2) is 30.0 Å². The smallest absolute Gasteiger partial charge is 0.339 e.